The zero-order chi connectivity index (χ0) is 28.1. The maximum absolute atomic E-state index is 14.0. The predicted molar refractivity (Wildman–Crippen MR) is 161 cm³/mol. The summed E-state index contributed by atoms with van der Waals surface area (Å²) in [6, 6.07) is 28.7. The fraction of sp³-hybridized carbons (Fsp3) is 0.265. The van der Waals surface area contributed by atoms with E-state index in [1.54, 1.807) is 11.7 Å². The van der Waals surface area contributed by atoms with Crippen molar-refractivity contribution in [3.05, 3.63) is 113 Å². The van der Waals surface area contributed by atoms with Crippen LogP contribution < -0.4 is 10.3 Å². The Bertz CT molecular complexity index is 1690. The Labute approximate surface area is 234 Å². The van der Waals surface area contributed by atoms with E-state index in [9.17, 15) is 9.59 Å². The van der Waals surface area contributed by atoms with Crippen molar-refractivity contribution in [2.75, 3.05) is 13.7 Å². The number of hydrogen-bond donors (Lipinski definition) is 0. The number of para-hydroxylation sites is 1. The van der Waals surface area contributed by atoms with Gasteiger partial charge in [-0.2, -0.15) is 0 Å². The lowest BCUT2D eigenvalue weighted by Crippen LogP contribution is -2.39. The van der Waals surface area contributed by atoms with Crippen LogP contribution in [-0.2, 0) is 11.2 Å². The number of carbonyl (C=O) groups excluding carboxylic acids is 1. The maximum atomic E-state index is 14.0. The lowest BCUT2D eigenvalue weighted by molar-refractivity contribution is -0.133. The van der Waals surface area contributed by atoms with E-state index in [0.29, 0.717) is 23.3 Å². The van der Waals surface area contributed by atoms with Crippen molar-refractivity contribution in [3.8, 4) is 11.4 Å². The molecule has 0 aliphatic carbocycles. The summed E-state index contributed by atoms with van der Waals surface area (Å²) in [6.07, 6.45) is 3.20. The average Bonchev–Trinajstić information content (AvgIpc) is 2.99. The highest BCUT2D eigenvalue weighted by Crippen LogP contribution is 2.26. The van der Waals surface area contributed by atoms with Crippen LogP contribution in [0.15, 0.2) is 95.8 Å². The van der Waals surface area contributed by atoms with E-state index < -0.39 is 6.04 Å². The molecule has 0 radical (unpaired) electrons. The third-order valence-electron chi connectivity index (χ3n) is 7.47. The fourth-order valence-electron chi connectivity index (χ4n) is 5.22. The van der Waals surface area contributed by atoms with Gasteiger partial charge in [0.25, 0.3) is 5.56 Å². The molecule has 1 aromatic heterocycles. The summed E-state index contributed by atoms with van der Waals surface area (Å²) in [7, 11) is 1.63. The van der Waals surface area contributed by atoms with Gasteiger partial charge in [0.15, 0.2) is 0 Å². The SMILES string of the molecule is CCCCCN(C(=O)Cc1ccc(OC)cc1)C(C)c1nc2ccccc2c(=O)n1-c1ccc2ccccc2c1. The molecular formula is C34H35N3O3. The first-order valence-electron chi connectivity index (χ1n) is 13.9. The normalized spacial score (nSPS) is 12.0. The third-order valence-corrected chi connectivity index (χ3v) is 7.47. The van der Waals surface area contributed by atoms with E-state index in [1.807, 2.05) is 96.8 Å². The Morgan fingerprint density at radius 1 is 0.925 bits per heavy atom. The van der Waals surface area contributed by atoms with Crippen molar-refractivity contribution < 1.29 is 9.53 Å². The molecule has 0 N–H and O–H groups in total. The van der Waals surface area contributed by atoms with Crippen LogP contribution in [0.1, 0.15) is 50.5 Å². The van der Waals surface area contributed by atoms with Crippen molar-refractivity contribution in [1.29, 1.82) is 0 Å². The first kappa shape index (κ1) is 27.1. The summed E-state index contributed by atoms with van der Waals surface area (Å²) in [5.41, 5.74) is 2.14. The molecule has 204 valence electrons. The topological polar surface area (TPSA) is 64.4 Å². The van der Waals surface area contributed by atoms with Gasteiger partial charge in [-0.3, -0.25) is 14.2 Å². The molecule has 0 aliphatic heterocycles. The van der Waals surface area contributed by atoms with E-state index >= 15 is 0 Å². The molecule has 0 aliphatic rings. The summed E-state index contributed by atoms with van der Waals surface area (Å²) in [6.45, 7) is 4.71. The Morgan fingerprint density at radius 3 is 2.40 bits per heavy atom. The van der Waals surface area contributed by atoms with Gasteiger partial charge in [-0.25, -0.2) is 4.98 Å². The van der Waals surface area contributed by atoms with E-state index in [-0.39, 0.29) is 17.9 Å². The quantitative estimate of drug-likeness (QED) is 0.184. The van der Waals surface area contributed by atoms with Crippen molar-refractivity contribution in [3.63, 3.8) is 0 Å². The summed E-state index contributed by atoms with van der Waals surface area (Å²) in [5, 5.41) is 2.68. The standard InChI is InChI=1S/C34H35N3O3/c1-4-5-10-21-36(32(38)22-25-15-19-29(40-3)20-16-25)24(2)33-35-31-14-9-8-13-30(31)34(39)37(33)28-18-17-26-11-6-7-12-27(26)23-28/h6-9,11-20,23-24H,4-5,10,21-22H2,1-3H3. The molecule has 0 bridgehead atoms. The molecule has 5 rings (SSSR count). The number of aromatic nitrogens is 2. The highest BCUT2D eigenvalue weighted by Gasteiger charge is 2.27. The van der Waals surface area contributed by atoms with Gasteiger partial charge < -0.3 is 9.64 Å². The average molecular weight is 534 g/mol. The minimum atomic E-state index is -0.425. The molecule has 0 saturated carbocycles. The predicted octanol–water partition coefficient (Wildman–Crippen LogP) is 6.87. The number of hydrogen-bond acceptors (Lipinski definition) is 4. The molecule has 5 aromatic rings. The Kier molecular flexibility index (Phi) is 8.25. The first-order chi connectivity index (χ1) is 19.5. The van der Waals surface area contributed by atoms with Gasteiger partial charge in [-0.15, -0.1) is 0 Å². The highest BCUT2D eigenvalue weighted by atomic mass is 16.5. The van der Waals surface area contributed by atoms with E-state index in [4.69, 9.17) is 9.72 Å². The number of amides is 1. The van der Waals surface area contributed by atoms with Crippen molar-refractivity contribution >= 4 is 27.6 Å². The molecular weight excluding hydrogens is 498 g/mol. The number of ether oxygens (including phenoxy) is 1. The van der Waals surface area contributed by atoms with E-state index in [0.717, 1.165) is 47.0 Å². The smallest absolute Gasteiger partial charge is 0.266 e. The monoisotopic (exact) mass is 533 g/mol. The molecule has 40 heavy (non-hydrogen) atoms. The minimum absolute atomic E-state index is 0.00115. The molecule has 0 saturated heterocycles. The number of fused-ring (bicyclic) bond motifs is 2. The molecule has 0 spiro atoms. The lowest BCUT2D eigenvalue weighted by Gasteiger charge is -2.31. The molecule has 0 fully saturated rings. The first-order valence-corrected chi connectivity index (χ1v) is 13.9. The van der Waals surface area contributed by atoms with Crippen LogP contribution in [-0.4, -0.2) is 34.0 Å². The molecule has 1 atom stereocenters. The lowest BCUT2D eigenvalue weighted by atomic mass is 10.1. The third kappa shape index (κ3) is 5.62. The molecule has 1 heterocycles. The molecule has 1 amide bonds. The number of carbonyl (C=O) groups is 1. The minimum Gasteiger partial charge on any atom is -0.497 e. The van der Waals surface area contributed by atoms with Crippen molar-refractivity contribution in [2.45, 2.75) is 45.6 Å². The van der Waals surface area contributed by atoms with Gasteiger partial charge >= 0.3 is 0 Å². The summed E-state index contributed by atoms with van der Waals surface area (Å²) in [5.74, 6) is 1.31. The van der Waals surface area contributed by atoms with Gasteiger partial charge in [0, 0.05) is 6.54 Å². The maximum Gasteiger partial charge on any atom is 0.266 e. The van der Waals surface area contributed by atoms with Crippen molar-refractivity contribution in [2.24, 2.45) is 0 Å². The van der Waals surface area contributed by atoms with E-state index in [2.05, 4.69) is 13.0 Å². The number of rotatable bonds is 10. The van der Waals surface area contributed by atoms with Crippen LogP contribution in [0.25, 0.3) is 27.4 Å². The van der Waals surface area contributed by atoms with E-state index in [1.165, 1.54) is 0 Å². The Hall–Kier alpha value is -4.45. The van der Waals surface area contributed by atoms with Gasteiger partial charge in [0.2, 0.25) is 5.91 Å². The largest absolute Gasteiger partial charge is 0.497 e. The molecule has 6 heteroatoms. The highest BCUT2D eigenvalue weighted by molar-refractivity contribution is 5.85. The molecule has 6 nitrogen and oxygen atoms in total. The fourth-order valence-corrected chi connectivity index (χ4v) is 5.22. The van der Waals surface area contributed by atoms with Crippen LogP contribution in [0, 0.1) is 0 Å². The van der Waals surface area contributed by atoms with Crippen LogP contribution >= 0.6 is 0 Å². The van der Waals surface area contributed by atoms with Gasteiger partial charge in [0.05, 0.1) is 36.2 Å². The number of benzene rings is 4. The van der Waals surface area contributed by atoms with Gasteiger partial charge in [-0.1, -0.05) is 74.4 Å². The molecule has 1 unspecified atom stereocenters. The van der Waals surface area contributed by atoms with Gasteiger partial charge in [0.1, 0.15) is 11.6 Å². The summed E-state index contributed by atoms with van der Waals surface area (Å²) < 4.78 is 6.96. The van der Waals surface area contributed by atoms with Crippen LogP contribution in [0.3, 0.4) is 0 Å². The van der Waals surface area contributed by atoms with Crippen molar-refractivity contribution in [1.82, 2.24) is 14.5 Å². The van der Waals surface area contributed by atoms with Crippen LogP contribution in [0.5, 0.6) is 5.75 Å². The summed E-state index contributed by atoms with van der Waals surface area (Å²) in [4.78, 5) is 34.7. The Balaban J connectivity index is 1.60. The Morgan fingerprint density at radius 2 is 1.65 bits per heavy atom. The number of nitrogens with zero attached hydrogens (tertiary/aromatic N) is 3. The number of unbranched alkanes of at least 4 members (excludes halogenated alkanes) is 2. The zero-order valence-electron chi connectivity index (χ0n) is 23.3. The van der Waals surface area contributed by atoms with Crippen LogP contribution in [0.2, 0.25) is 0 Å². The van der Waals surface area contributed by atoms with Crippen LogP contribution in [0.4, 0.5) is 0 Å². The van der Waals surface area contributed by atoms with Gasteiger partial charge in [-0.05, 0) is 66.1 Å². The second-order valence-corrected chi connectivity index (χ2v) is 10.2. The number of methoxy groups -OCH3 is 1. The molecule has 4 aromatic carbocycles. The zero-order valence-corrected chi connectivity index (χ0v) is 23.3. The second kappa shape index (κ2) is 12.2. The second-order valence-electron chi connectivity index (χ2n) is 10.2. The summed E-state index contributed by atoms with van der Waals surface area (Å²) >= 11 is 0.